The van der Waals surface area contributed by atoms with Crippen LogP contribution in [0.1, 0.15) is 23.7 Å². The Morgan fingerprint density at radius 2 is 2.00 bits per heavy atom. The summed E-state index contributed by atoms with van der Waals surface area (Å²) in [6, 6.07) is 1.61. The van der Waals surface area contributed by atoms with Crippen molar-refractivity contribution in [2.24, 2.45) is 0 Å². The standard InChI is InChI=1S/C12H12F3NO2/c1-12(18)4-5-16(6-12)11(17)7-2-3-8(13)10(15)9(7)14/h2-3,18H,4-6H2,1H3. The first kappa shape index (κ1) is 12.9. The number of halogens is 3. The number of aliphatic hydroxyl groups is 1. The van der Waals surface area contributed by atoms with Gasteiger partial charge in [0.1, 0.15) is 0 Å². The molecule has 1 aromatic rings. The molecule has 6 heteroatoms. The molecule has 2 rings (SSSR count). The molecule has 1 amide bonds. The number of nitrogens with zero attached hydrogens (tertiary/aromatic N) is 1. The summed E-state index contributed by atoms with van der Waals surface area (Å²) in [5.74, 6) is -5.24. The van der Waals surface area contributed by atoms with Crippen molar-refractivity contribution in [2.75, 3.05) is 13.1 Å². The Bertz CT molecular complexity index is 502. The van der Waals surface area contributed by atoms with Crippen LogP contribution in [0, 0.1) is 17.5 Å². The van der Waals surface area contributed by atoms with Crippen LogP contribution in [0.25, 0.3) is 0 Å². The van der Waals surface area contributed by atoms with E-state index in [1.807, 2.05) is 0 Å². The molecule has 1 aliphatic rings. The molecule has 1 heterocycles. The Hall–Kier alpha value is -1.56. The van der Waals surface area contributed by atoms with E-state index in [9.17, 15) is 23.1 Å². The zero-order chi connectivity index (χ0) is 13.5. The maximum Gasteiger partial charge on any atom is 0.257 e. The third-order valence-electron chi connectivity index (χ3n) is 3.00. The zero-order valence-electron chi connectivity index (χ0n) is 9.71. The molecule has 1 unspecified atom stereocenters. The first-order chi connectivity index (χ1) is 8.32. The average molecular weight is 259 g/mol. The molecule has 0 aliphatic carbocycles. The molecule has 0 saturated carbocycles. The summed E-state index contributed by atoms with van der Waals surface area (Å²) in [6.07, 6.45) is 0.365. The summed E-state index contributed by atoms with van der Waals surface area (Å²) in [4.78, 5) is 13.1. The second kappa shape index (κ2) is 4.28. The molecule has 1 saturated heterocycles. The quantitative estimate of drug-likeness (QED) is 0.780. The van der Waals surface area contributed by atoms with Crippen molar-refractivity contribution in [3.63, 3.8) is 0 Å². The maximum atomic E-state index is 13.4. The van der Waals surface area contributed by atoms with Crippen LogP contribution in [0.15, 0.2) is 12.1 Å². The number of rotatable bonds is 1. The molecular formula is C12H12F3NO2. The summed E-state index contributed by atoms with van der Waals surface area (Å²) in [5, 5.41) is 9.71. The van der Waals surface area contributed by atoms with Crippen molar-refractivity contribution in [1.82, 2.24) is 4.90 Å². The summed E-state index contributed by atoms with van der Waals surface area (Å²) in [5.41, 5.74) is -1.54. The van der Waals surface area contributed by atoms with Crippen molar-refractivity contribution in [2.45, 2.75) is 18.9 Å². The number of amides is 1. The number of likely N-dealkylation sites (tertiary alicyclic amines) is 1. The van der Waals surface area contributed by atoms with Gasteiger partial charge < -0.3 is 10.0 Å². The van der Waals surface area contributed by atoms with E-state index >= 15 is 0 Å². The Balaban J connectivity index is 2.28. The molecule has 1 aliphatic heterocycles. The first-order valence-corrected chi connectivity index (χ1v) is 5.47. The van der Waals surface area contributed by atoms with Crippen LogP contribution in [0.4, 0.5) is 13.2 Å². The van der Waals surface area contributed by atoms with Crippen LogP contribution in [-0.2, 0) is 0 Å². The minimum atomic E-state index is -1.66. The smallest absolute Gasteiger partial charge is 0.257 e. The van der Waals surface area contributed by atoms with Crippen molar-refractivity contribution in [3.05, 3.63) is 35.1 Å². The lowest BCUT2D eigenvalue weighted by atomic mass is 10.1. The Kier molecular flexibility index (Phi) is 3.06. The summed E-state index contributed by atoms with van der Waals surface area (Å²) in [7, 11) is 0. The number of benzene rings is 1. The van der Waals surface area contributed by atoms with E-state index < -0.39 is 34.5 Å². The minimum Gasteiger partial charge on any atom is -0.388 e. The van der Waals surface area contributed by atoms with Gasteiger partial charge in [-0.25, -0.2) is 13.2 Å². The van der Waals surface area contributed by atoms with Crippen LogP contribution in [-0.4, -0.2) is 34.6 Å². The monoisotopic (exact) mass is 259 g/mol. The fourth-order valence-electron chi connectivity index (χ4n) is 1.98. The number of hydrogen-bond acceptors (Lipinski definition) is 2. The molecule has 1 fully saturated rings. The average Bonchev–Trinajstić information content (AvgIpc) is 2.66. The normalized spacial score (nSPS) is 23.5. The second-order valence-electron chi connectivity index (χ2n) is 4.70. The van der Waals surface area contributed by atoms with Gasteiger partial charge >= 0.3 is 0 Å². The molecule has 0 radical (unpaired) electrons. The molecule has 1 N–H and O–H groups in total. The predicted octanol–water partition coefficient (Wildman–Crippen LogP) is 1.70. The van der Waals surface area contributed by atoms with E-state index in [0.29, 0.717) is 12.5 Å². The third kappa shape index (κ3) is 2.20. The second-order valence-corrected chi connectivity index (χ2v) is 4.70. The van der Waals surface area contributed by atoms with Gasteiger partial charge in [0.25, 0.3) is 5.91 Å². The molecular weight excluding hydrogens is 247 g/mol. The Morgan fingerprint density at radius 1 is 1.33 bits per heavy atom. The number of carbonyl (C=O) groups is 1. The van der Waals surface area contributed by atoms with Crippen LogP contribution in [0.3, 0.4) is 0 Å². The van der Waals surface area contributed by atoms with Crippen molar-refractivity contribution >= 4 is 5.91 Å². The van der Waals surface area contributed by atoms with Gasteiger partial charge in [-0.05, 0) is 25.5 Å². The van der Waals surface area contributed by atoms with E-state index in [-0.39, 0.29) is 13.1 Å². The van der Waals surface area contributed by atoms with Gasteiger partial charge in [-0.3, -0.25) is 4.79 Å². The lowest BCUT2D eigenvalue weighted by Gasteiger charge is -2.19. The van der Waals surface area contributed by atoms with Gasteiger partial charge in [0.05, 0.1) is 11.2 Å². The lowest BCUT2D eigenvalue weighted by Crippen LogP contribution is -2.34. The van der Waals surface area contributed by atoms with E-state index in [1.165, 1.54) is 4.90 Å². The highest BCUT2D eigenvalue weighted by atomic mass is 19.2. The number of carbonyl (C=O) groups excluding carboxylic acids is 1. The van der Waals surface area contributed by atoms with E-state index in [2.05, 4.69) is 0 Å². The number of β-amino-alcohol motifs (C(OH)–C–C–N with tert-alkyl or cyclic N) is 1. The molecule has 98 valence electrons. The van der Waals surface area contributed by atoms with Gasteiger partial charge in [0.15, 0.2) is 17.5 Å². The molecule has 1 aromatic carbocycles. The summed E-state index contributed by atoms with van der Waals surface area (Å²) in [6.45, 7) is 1.86. The van der Waals surface area contributed by atoms with E-state index in [1.54, 1.807) is 6.92 Å². The summed E-state index contributed by atoms with van der Waals surface area (Å²) < 4.78 is 39.2. The van der Waals surface area contributed by atoms with Gasteiger partial charge in [0, 0.05) is 13.1 Å². The van der Waals surface area contributed by atoms with Crippen molar-refractivity contribution < 1.29 is 23.1 Å². The minimum absolute atomic E-state index is 0.0459. The molecule has 18 heavy (non-hydrogen) atoms. The van der Waals surface area contributed by atoms with Crippen LogP contribution >= 0.6 is 0 Å². The van der Waals surface area contributed by atoms with Crippen LogP contribution in [0.5, 0.6) is 0 Å². The zero-order valence-corrected chi connectivity index (χ0v) is 9.71. The highest BCUT2D eigenvalue weighted by Gasteiger charge is 2.35. The van der Waals surface area contributed by atoms with E-state index in [4.69, 9.17) is 0 Å². The van der Waals surface area contributed by atoms with Crippen LogP contribution < -0.4 is 0 Å². The fraction of sp³-hybridized carbons (Fsp3) is 0.417. The largest absolute Gasteiger partial charge is 0.388 e. The molecule has 0 aromatic heterocycles. The van der Waals surface area contributed by atoms with Crippen molar-refractivity contribution in [3.8, 4) is 0 Å². The SMILES string of the molecule is CC1(O)CCN(C(=O)c2ccc(F)c(F)c2F)C1. The predicted molar refractivity (Wildman–Crippen MR) is 57.5 cm³/mol. The molecule has 1 atom stereocenters. The van der Waals surface area contributed by atoms with Crippen LogP contribution in [0.2, 0.25) is 0 Å². The first-order valence-electron chi connectivity index (χ1n) is 5.47. The Labute approximate surface area is 102 Å². The Morgan fingerprint density at radius 3 is 2.56 bits per heavy atom. The van der Waals surface area contributed by atoms with Gasteiger partial charge in [0.2, 0.25) is 0 Å². The highest BCUT2D eigenvalue weighted by Crippen LogP contribution is 2.24. The van der Waals surface area contributed by atoms with Crippen molar-refractivity contribution in [1.29, 1.82) is 0 Å². The molecule has 0 bridgehead atoms. The number of hydrogen-bond donors (Lipinski definition) is 1. The fourth-order valence-corrected chi connectivity index (χ4v) is 1.98. The van der Waals surface area contributed by atoms with E-state index in [0.717, 1.165) is 6.07 Å². The van der Waals surface area contributed by atoms with Gasteiger partial charge in [-0.2, -0.15) is 0 Å². The summed E-state index contributed by atoms with van der Waals surface area (Å²) >= 11 is 0. The van der Waals surface area contributed by atoms with Gasteiger partial charge in [-0.1, -0.05) is 0 Å². The lowest BCUT2D eigenvalue weighted by molar-refractivity contribution is 0.0569. The maximum absolute atomic E-state index is 13.4. The molecule has 0 spiro atoms. The van der Waals surface area contributed by atoms with Gasteiger partial charge in [-0.15, -0.1) is 0 Å². The highest BCUT2D eigenvalue weighted by molar-refractivity contribution is 5.94. The molecule has 3 nitrogen and oxygen atoms in total. The topological polar surface area (TPSA) is 40.5 Å². The third-order valence-corrected chi connectivity index (χ3v) is 3.00.